The van der Waals surface area contributed by atoms with Crippen LogP contribution in [-0.4, -0.2) is 26.7 Å². The third-order valence-electron chi connectivity index (χ3n) is 4.32. The summed E-state index contributed by atoms with van der Waals surface area (Å²) in [5, 5.41) is 3.27. The topological polar surface area (TPSA) is 15.3 Å². The highest BCUT2D eigenvalue weighted by Crippen LogP contribution is 2.31. The van der Waals surface area contributed by atoms with E-state index in [1.165, 1.54) is 43.6 Å². The molecule has 0 spiro atoms. The number of nitrogens with one attached hydrogen (secondary N) is 1. The van der Waals surface area contributed by atoms with E-state index in [0.717, 1.165) is 12.5 Å². The molecule has 0 radical (unpaired) electrons. The maximum atomic E-state index is 3.27. The Labute approximate surface area is 118 Å². The average molecular weight is 260 g/mol. The van der Waals surface area contributed by atoms with Crippen molar-refractivity contribution in [3.63, 3.8) is 0 Å². The predicted molar refractivity (Wildman–Crippen MR) is 84.0 cm³/mol. The highest BCUT2D eigenvalue weighted by atomic mass is 15.1. The first-order chi connectivity index (χ1) is 9.22. The van der Waals surface area contributed by atoms with Gasteiger partial charge in [0.15, 0.2) is 0 Å². The van der Waals surface area contributed by atoms with Crippen LogP contribution in [0.3, 0.4) is 0 Å². The number of hydrogen-bond donors (Lipinski definition) is 1. The van der Waals surface area contributed by atoms with Gasteiger partial charge in [-0.3, -0.25) is 0 Å². The summed E-state index contributed by atoms with van der Waals surface area (Å²) >= 11 is 0. The summed E-state index contributed by atoms with van der Waals surface area (Å²) in [5.41, 5.74) is 2.96. The number of para-hydroxylation sites is 1. The SMILES string of the molecule is CNCCC1CCN(c2ccccc2C(C)C)CC1. The Kier molecular flexibility index (Phi) is 5.26. The highest BCUT2D eigenvalue weighted by Gasteiger charge is 2.20. The maximum absolute atomic E-state index is 3.27. The van der Waals surface area contributed by atoms with E-state index < -0.39 is 0 Å². The summed E-state index contributed by atoms with van der Waals surface area (Å²) in [6.45, 7) is 8.18. The lowest BCUT2D eigenvalue weighted by molar-refractivity contribution is 0.378. The van der Waals surface area contributed by atoms with Crippen LogP contribution in [0.25, 0.3) is 0 Å². The van der Waals surface area contributed by atoms with Crippen LogP contribution in [0, 0.1) is 5.92 Å². The lowest BCUT2D eigenvalue weighted by Crippen LogP contribution is -2.35. The molecule has 1 aromatic carbocycles. The zero-order valence-corrected chi connectivity index (χ0v) is 12.7. The van der Waals surface area contributed by atoms with Crippen LogP contribution in [0.4, 0.5) is 5.69 Å². The molecule has 1 fully saturated rings. The Morgan fingerprint density at radius 1 is 1.21 bits per heavy atom. The van der Waals surface area contributed by atoms with Gasteiger partial charge in [-0.15, -0.1) is 0 Å². The summed E-state index contributed by atoms with van der Waals surface area (Å²) in [6.07, 6.45) is 4.01. The molecule has 0 atom stereocenters. The van der Waals surface area contributed by atoms with Gasteiger partial charge in [0.2, 0.25) is 0 Å². The van der Waals surface area contributed by atoms with E-state index >= 15 is 0 Å². The van der Waals surface area contributed by atoms with Gasteiger partial charge in [0, 0.05) is 18.8 Å². The van der Waals surface area contributed by atoms with Crippen molar-refractivity contribution in [3.8, 4) is 0 Å². The fourth-order valence-corrected chi connectivity index (χ4v) is 3.07. The molecule has 2 heteroatoms. The van der Waals surface area contributed by atoms with Gasteiger partial charge in [0.05, 0.1) is 0 Å². The van der Waals surface area contributed by atoms with Gasteiger partial charge in [0.25, 0.3) is 0 Å². The summed E-state index contributed by atoms with van der Waals surface area (Å²) in [5.74, 6) is 1.52. The van der Waals surface area contributed by atoms with Crippen molar-refractivity contribution in [1.29, 1.82) is 0 Å². The van der Waals surface area contributed by atoms with Crippen LogP contribution >= 0.6 is 0 Å². The summed E-state index contributed by atoms with van der Waals surface area (Å²) < 4.78 is 0. The molecule has 1 aliphatic rings. The Hall–Kier alpha value is -1.02. The summed E-state index contributed by atoms with van der Waals surface area (Å²) in [7, 11) is 2.05. The van der Waals surface area contributed by atoms with E-state index in [9.17, 15) is 0 Å². The first-order valence-electron chi connectivity index (χ1n) is 7.71. The molecule has 0 aliphatic carbocycles. The molecule has 0 unspecified atom stereocenters. The Balaban J connectivity index is 1.98. The van der Waals surface area contributed by atoms with Gasteiger partial charge < -0.3 is 10.2 Å². The van der Waals surface area contributed by atoms with E-state index in [4.69, 9.17) is 0 Å². The number of piperidine rings is 1. The second-order valence-electron chi connectivity index (χ2n) is 6.04. The van der Waals surface area contributed by atoms with Crippen LogP contribution in [0.5, 0.6) is 0 Å². The van der Waals surface area contributed by atoms with Gasteiger partial charge >= 0.3 is 0 Å². The van der Waals surface area contributed by atoms with Crippen molar-refractivity contribution < 1.29 is 0 Å². The monoisotopic (exact) mass is 260 g/mol. The fraction of sp³-hybridized carbons (Fsp3) is 0.647. The highest BCUT2D eigenvalue weighted by molar-refractivity contribution is 5.55. The molecule has 0 bridgehead atoms. The van der Waals surface area contributed by atoms with Crippen LogP contribution in [0.15, 0.2) is 24.3 Å². The molecule has 0 aromatic heterocycles. The molecule has 2 rings (SSSR count). The summed E-state index contributed by atoms with van der Waals surface area (Å²) in [4.78, 5) is 2.59. The minimum Gasteiger partial charge on any atom is -0.371 e. The third-order valence-corrected chi connectivity index (χ3v) is 4.32. The number of nitrogens with zero attached hydrogens (tertiary/aromatic N) is 1. The lowest BCUT2D eigenvalue weighted by atomic mass is 9.92. The van der Waals surface area contributed by atoms with E-state index in [1.54, 1.807) is 0 Å². The fourth-order valence-electron chi connectivity index (χ4n) is 3.07. The van der Waals surface area contributed by atoms with Crippen LogP contribution in [0.2, 0.25) is 0 Å². The Morgan fingerprint density at radius 3 is 2.53 bits per heavy atom. The minimum absolute atomic E-state index is 0.609. The van der Waals surface area contributed by atoms with Gasteiger partial charge in [0.1, 0.15) is 0 Å². The van der Waals surface area contributed by atoms with E-state index in [2.05, 4.69) is 48.3 Å². The number of rotatable bonds is 5. The maximum Gasteiger partial charge on any atom is 0.0401 e. The molecule has 1 N–H and O–H groups in total. The van der Waals surface area contributed by atoms with Gasteiger partial charge in [-0.1, -0.05) is 32.0 Å². The molecule has 1 aliphatic heterocycles. The molecule has 1 aromatic rings. The van der Waals surface area contributed by atoms with Crippen molar-refractivity contribution in [1.82, 2.24) is 5.32 Å². The molecular formula is C17H28N2. The largest absolute Gasteiger partial charge is 0.371 e. The van der Waals surface area contributed by atoms with Crippen LogP contribution in [0.1, 0.15) is 44.6 Å². The van der Waals surface area contributed by atoms with Crippen molar-refractivity contribution >= 4 is 5.69 Å². The van der Waals surface area contributed by atoms with Crippen LogP contribution in [-0.2, 0) is 0 Å². The quantitative estimate of drug-likeness (QED) is 0.869. The van der Waals surface area contributed by atoms with Gasteiger partial charge in [-0.25, -0.2) is 0 Å². The second-order valence-corrected chi connectivity index (χ2v) is 6.04. The lowest BCUT2D eigenvalue weighted by Gasteiger charge is -2.35. The molecule has 1 saturated heterocycles. The number of benzene rings is 1. The van der Waals surface area contributed by atoms with Gasteiger partial charge in [-0.05, 0) is 56.3 Å². The smallest absolute Gasteiger partial charge is 0.0401 e. The number of hydrogen-bond acceptors (Lipinski definition) is 2. The normalized spacial score (nSPS) is 17.2. The van der Waals surface area contributed by atoms with Crippen molar-refractivity contribution in [2.75, 3.05) is 31.6 Å². The third kappa shape index (κ3) is 3.73. The zero-order chi connectivity index (χ0) is 13.7. The predicted octanol–water partition coefficient (Wildman–Crippen LogP) is 3.64. The van der Waals surface area contributed by atoms with E-state index in [-0.39, 0.29) is 0 Å². The second kappa shape index (κ2) is 6.95. The average Bonchev–Trinajstić information content (AvgIpc) is 2.45. The van der Waals surface area contributed by atoms with E-state index in [0.29, 0.717) is 5.92 Å². The molecular weight excluding hydrogens is 232 g/mol. The standard InChI is InChI=1S/C17H28N2/c1-14(2)16-6-4-5-7-17(16)19-12-9-15(10-13-19)8-11-18-3/h4-7,14-15,18H,8-13H2,1-3H3. The first kappa shape index (κ1) is 14.4. The minimum atomic E-state index is 0.609. The van der Waals surface area contributed by atoms with Crippen molar-refractivity contribution in [2.24, 2.45) is 5.92 Å². The number of anilines is 1. The molecule has 2 nitrogen and oxygen atoms in total. The molecule has 19 heavy (non-hydrogen) atoms. The Morgan fingerprint density at radius 2 is 1.89 bits per heavy atom. The van der Waals surface area contributed by atoms with E-state index in [1.807, 2.05) is 7.05 Å². The van der Waals surface area contributed by atoms with Crippen molar-refractivity contribution in [2.45, 2.75) is 39.0 Å². The molecule has 106 valence electrons. The van der Waals surface area contributed by atoms with Crippen molar-refractivity contribution in [3.05, 3.63) is 29.8 Å². The first-order valence-corrected chi connectivity index (χ1v) is 7.71. The zero-order valence-electron chi connectivity index (χ0n) is 12.7. The van der Waals surface area contributed by atoms with Crippen LogP contribution < -0.4 is 10.2 Å². The molecule has 1 heterocycles. The molecule has 0 amide bonds. The molecule has 0 saturated carbocycles. The Bertz CT molecular complexity index is 379. The summed E-state index contributed by atoms with van der Waals surface area (Å²) in [6, 6.07) is 8.92. The van der Waals surface area contributed by atoms with Gasteiger partial charge in [-0.2, -0.15) is 0 Å².